The minimum atomic E-state index is -0.345. The zero-order chi connectivity index (χ0) is 18.0. The fourth-order valence-corrected chi connectivity index (χ4v) is 3.31. The quantitative estimate of drug-likeness (QED) is 0.637. The lowest BCUT2D eigenvalue weighted by Gasteiger charge is -2.07. The molecule has 2 heterocycles. The number of aromatic nitrogens is 4. The normalized spacial score (nSPS) is 11.0. The van der Waals surface area contributed by atoms with Crippen LogP contribution in [0.1, 0.15) is 30.2 Å². The summed E-state index contributed by atoms with van der Waals surface area (Å²) in [5.74, 6) is 0.794. The number of fused-ring (bicyclic) bond motifs is 1. The first-order chi connectivity index (χ1) is 12.1. The maximum atomic E-state index is 12.5. The summed E-state index contributed by atoms with van der Waals surface area (Å²) in [5.41, 5.74) is 8.19. The average molecular weight is 404 g/mol. The summed E-state index contributed by atoms with van der Waals surface area (Å²) < 4.78 is 4.88. The van der Waals surface area contributed by atoms with Crippen molar-refractivity contribution in [1.29, 1.82) is 0 Å². The molecule has 1 aromatic carbocycles. The Kier molecular flexibility index (Phi) is 4.98. The molecule has 0 radical (unpaired) electrons. The van der Waals surface area contributed by atoms with Crippen LogP contribution in [0.4, 0.5) is 5.82 Å². The van der Waals surface area contributed by atoms with E-state index in [0.717, 1.165) is 29.9 Å². The van der Waals surface area contributed by atoms with Crippen molar-refractivity contribution in [3.8, 4) is 0 Å². The van der Waals surface area contributed by atoms with Crippen molar-refractivity contribution < 1.29 is 9.36 Å². The molecule has 0 aliphatic carbocycles. The number of anilines is 1. The summed E-state index contributed by atoms with van der Waals surface area (Å²) in [5, 5.41) is 2.91. The van der Waals surface area contributed by atoms with Crippen molar-refractivity contribution in [2.45, 2.75) is 33.5 Å². The topological polar surface area (TPSA) is 89.7 Å². The van der Waals surface area contributed by atoms with Gasteiger partial charge in [0.05, 0.1) is 19.3 Å². The van der Waals surface area contributed by atoms with Crippen LogP contribution in [0.15, 0.2) is 35.1 Å². The fraction of sp³-hybridized carbons (Fsp3) is 0.294. The molecule has 0 spiro atoms. The van der Waals surface area contributed by atoms with Gasteiger partial charge in [0.2, 0.25) is 0 Å². The van der Waals surface area contributed by atoms with Crippen LogP contribution in [0.3, 0.4) is 0 Å². The third-order valence-electron chi connectivity index (χ3n) is 4.11. The number of rotatable bonds is 5. The molecule has 0 bridgehead atoms. The molecule has 0 saturated carbocycles. The molecule has 0 saturated heterocycles. The molecule has 0 atom stereocenters. The lowest BCUT2D eigenvalue weighted by molar-refractivity contribution is -0.676. The predicted molar refractivity (Wildman–Crippen MR) is 98.8 cm³/mol. The van der Waals surface area contributed by atoms with E-state index in [9.17, 15) is 4.79 Å². The number of nitrogen functional groups attached to an aromatic ring is 1. The number of aryl methyl sites for hydroxylation is 2. The van der Waals surface area contributed by atoms with Crippen molar-refractivity contribution in [3.63, 3.8) is 0 Å². The van der Waals surface area contributed by atoms with Crippen LogP contribution in [0.25, 0.3) is 11.0 Å². The van der Waals surface area contributed by atoms with E-state index in [1.807, 2.05) is 12.1 Å². The summed E-state index contributed by atoms with van der Waals surface area (Å²) in [6, 6.07) is 8.23. The zero-order valence-corrected chi connectivity index (χ0v) is 15.7. The molecule has 0 aliphatic rings. The van der Waals surface area contributed by atoms with Gasteiger partial charge in [0.15, 0.2) is 22.5 Å². The summed E-state index contributed by atoms with van der Waals surface area (Å²) in [6.45, 7) is 6.20. The number of imidazole rings is 1. The van der Waals surface area contributed by atoms with Gasteiger partial charge in [0, 0.05) is 0 Å². The third-order valence-corrected chi connectivity index (χ3v) is 4.49. The molecular formula is C17H20BrN6O+. The molecule has 1 amide bonds. The minimum Gasteiger partial charge on any atom is -0.382 e. The van der Waals surface area contributed by atoms with E-state index in [-0.39, 0.29) is 17.4 Å². The number of amides is 1. The van der Waals surface area contributed by atoms with Crippen LogP contribution >= 0.6 is 15.9 Å². The molecule has 25 heavy (non-hydrogen) atoms. The van der Waals surface area contributed by atoms with Crippen molar-refractivity contribution in [3.05, 3.63) is 46.6 Å². The molecule has 0 unspecified atom stereocenters. The number of hydrogen-bond donors (Lipinski definition) is 2. The van der Waals surface area contributed by atoms with Gasteiger partial charge in [-0.3, -0.25) is 4.79 Å². The van der Waals surface area contributed by atoms with Crippen LogP contribution < -0.4 is 15.6 Å². The highest BCUT2D eigenvalue weighted by molar-refractivity contribution is 9.10. The summed E-state index contributed by atoms with van der Waals surface area (Å²) in [6.07, 6.45) is 1.46. The lowest BCUT2D eigenvalue weighted by atomic mass is 10.3. The molecule has 3 N–H and O–H groups in total. The molecule has 0 aliphatic heterocycles. The Hall–Kier alpha value is -2.48. The second kappa shape index (κ2) is 7.18. The fourth-order valence-electron chi connectivity index (χ4n) is 3.03. The molecular weight excluding hydrogens is 384 g/mol. The van der Waals surface area contributed by atoms with Crippen LogP contribution in [0.2, 0.25) is 0 Å². The van der Waals surface area contributed by atoms with E-state index in [1.165, 1.54) is 6.20 Å². The van der Waals surface area contributed by atoms with E-state index in [4.69, 9.17) is 5.73 Å². The van der Waals surface area contributed by atoms with Crippen molar-refractivity contribution in [1.82, 2.24) is 19.9 Å². The van der Waals surface area contributed by atoms with Crippen LogP contribution in [0, 0.1) is 0 Å². The molecule has 7 nitrogen and oxygen atoms in total. The van der Waals surface area contributed by atoms with Crippen LogP contribution in [-0.2, 0) is 19.6 Å². The van der Waals surface area contributed by atoms with Gasteiger partial charge in [-0.15, -0.1) is 0 Å². The standard InChI is InChI=1S/C17H19BrN6O/c1-3-23-11-7-5-6-8-12(11)24(4-2)14(23)10-21-17(25)15-16(19)20-9-13(18)22-15/h5-9H,3-4,10H2,1-2H3,(H2-,19,20,21,25)/p+1. The van der Waals surface area contributed by atoms with Gasteiger partial charge in [-0.2, -0.15) is 0 Å². The number of nitrogens with one attached hydrogen (secondary N) is 1. The number of halogens is 1. The summed E-state index contributed by atoms with van der Waals surface area (Å²) in [4.78, 5) is 20.5. The summed E-state index contributed by atoms with van der Waals surface area (Å²) >= 11 is 3.21. The lowest BCUT2D eigenvalue weighted by Crippen LogP contribution is -2.40. The number of carbonyl (C=O) groups is 1. The number of benzene rings is 1. The Bertz CT molecular complexity index is 895. The second-order valence-electron chi connectivity index (χ2n) is 5.50. The maximum Gasteiger partial charge on any atom is 0.277 e. The number of nitrogens with zero attached hydrogens (tertiary/aromatic N) is 4. The van der Waals surface area contributed by atoms with E-state index >= 15 is 0 Å². The van der Waals surface area contributed by atoms with Crippen LogP contribution in [0.5, 0.6) is 0 Å². The Morgan fingerprint density at radius 2 is 2.12 bits per heavy atom. The third kappa shape index (κ3) is 3.21. The van der Waals surface area contributed by atoms with Gasteiger partial charge in [-0.1, -0.05) is 12.1 Å². The van der Waals surface area contributed by atoms with E-state index in [0.29, 0.717) is 11.1 Å². The van der Waals surface area contributed by atoms with Gasteiger partial charge >= 0.3 is 0 Å². The van der Waals surface area contributed by atoms with Crippen molar-refractivity contribution in [2.24, 2.45) is 0 Å². The second-order valence-corrected chi connectivity index (χ2v) is 6.32. The SMILES string of the molecule is CCn1c(CNC(=O)c2nc(Br)cnc2N)[n+](CC)c2ccccc21. The largest absolute Gasteiger partial charge is 0.382 e. The Morgan fingerprint density at radius 1 is 1.36 bits per heavy atom. The molecule has 3 rings (SSSR count). The Labute approximate surface area is 154 Å². The van der Waals surface area contributed by atoms with E-state index < -0.39 is 0 Å². The highest BCUT2D eigenvalue weighted by atomic mass is 79.9. The predicted octanol–water partition coefficient (Wildman–Crippen LogP) is 2.03. The smallest absolute Gasteiger partial charge is 0.277 e. The number of nitrogens with two attached hydrogens (primary N) is 1. The van der Waals surface area contributed by atoms with Gasteiger partial charge in [-0.25, -0.2) is 19.1 Å². The molecule has 130 valence electrons. The first-order valence-corrected chi connectivity index (χ1v) is 8.92. The zero-order valence-electron chi connectivity index (χ0n) is 14.2. The molecule has 2 aromatic heterocycles. The Balaban J connectivity index is 1.93. The summed E-state index contributed by atoms with van der Waals surface area (Å²) in [7, 11) is 0. The van der Waals surface area contributed by atoms with Gasteiger partial charge < -0.3 is 11.1 Å². The molecule has 0 fully saturated rings. The first kappa shape index (κ1) is 17.3. The van der Waals surface area contributed by atoms with Crippen molar-refractivity contribution in [2.75, 3.05) is 5.73 Å². The van der Waals surface area contributed by atoms with Crippen LogP contribution in [-0.4, -0.2) is 20.4 Å². The number of para-hydroxylation sites is 2. The van der Waals surface area contributed by atoms with Crippen molar-refractivity contribution >= 4 is 38.7 Å². The minimum absolute atomic E-state index is 0.111. The maximum absolute atomic E-state index is 12.5. The van der Waals surface area contributed by atoms with Gasteiger partial charge in [-0.05, 0) is 41.9 Å². The first-order valence-electron chi connectivity index (χ1n) is 8.13. The van der Waals surface area contributed by atoms with Gasteiger partial charge in [0.25, 0.3) is 11.7 Å². The van der Waals surface area contributed by atoms with E-state index in [1.54, 1.807) is 0 Å². The highest BCUT2D eigenvalue weighted by Crippen LogP contribution is 2.15. The monoisotopic (exact) mass is 403 g/mol. The highest BCUT2D eigenvalue weighted by Gasteiger charge is 2.24. The van der Waals surface area contributed by atoms with E-state index in [2.05, 4.69) is 66.3 Å². The number of carbonyl (C=O) groups excluding carboxylic acids is 1. The van der Waals surface area contributed by atoms with Gasteiger partial charge in [0.1, 0.15) is 11.1 Å². The Morgan fingerprint density at radius 3 is 2.84 bits per heavy atom. The average Bonchev–Trinajstić information content (AvgIpc) is 2.94. The number of hydrogen-bond acceptors (Lipinski definition) is 4. The molecule has 8 heteroatoms. The molecule has 3 aromatic rings.